The van der Waals surface area contributed by atoms with Crippen LogP contribution in [0.4, 0.5) is 11.4 Å². The molecule has 7 nitrogen and oxygen atoms in total. The number of nitro benzene ring substituents is 1. The van der Waals surface area contributed by atoms with Gasteiger partial charge in [-0.15, -0.1) is 0 Å². The van der Waals surface area contributed by atoms with Crippen LogP contribution in [0.1, 0.15) is 71.5 Å². The van der Waals surface area contributed by atoms with Gasteiger partial charge in [-0.25, -0.2) is 0 Å². The number of non-ortho nitro benzene ring substituents is 1. The molecule has 0 bridgehead atoms. The van der Waals surface area contributed by atoms with Crippen molar-refractivity contribution in [2.45, 2.75) is 56.6 Å². The minimum absolute atomic E-state index is 0.0384. The van der Waals surface area contributed by atoms with Gasteiger partial charge in [0.15, 0.2) is 11.4 Å². The van der Waals surface area contributed by atoms with Gasteiger partial charge in [-0.2, -0.15) is 0 Å². The summed E-state index contributed by atoms with van der Waals surface area (Å²) in [6, 6.07) is 20.4. The van der Waals surface area contributed by atoms with Crippen molar-refractivity contribution < 1.29 is 19.6 Å². The Morgan fingerprint density at radius 2 is 1.64 bits per heavy atom. The number of benzene rings is 3. The molecule has 3 aromatic carbocycles. The molecule has 0 radical (unpaired) electrons. The predicted octanol–water partition coefficient (Wildman–Crippen LogP) is 5.65. The fraction of sp³-hybridized carbons (Fsp3) is 0.310. The molecule has 0 aromatic heterocycles. The summed E-state index contributed by atoms with van der Waals surface area (Å²) in [4.78, 5) is 38.6. The molecule has 0 saturated heterocycles. The van der Waals surface area contributed by atoms with Gasteiger partial charge < -0.3 is 10.0 Å². The third-order valence-electron chi connectivity index (χ3n) is 7.45. The maximum absolute atomic E-state index is 13.5. The van der Waals surface area contributed by atoms with Crippen molar-refractivity contribution in [1.82, 2.24) is 0 Å². The Kier molecular flexibility index (Phi) is 6.41. The second-order valence-corrected chi connectivity index (χ2v) is 9.75. The van der Waals surface area contributed by atoms with Crippen LogP contribution in [0.15, 0.2) is 72.8 Å². The topological polar surface area (TPSA) is 101 Å². The highest BCUT2D eigenvalue weighted by molar-refractivity contribution is 6.10. The van der Waals surface area contributed by atoms with Gasteiger partial charge >= 0.3 is 0 Å². The zero-order valence-electron chi connectivity index (χ0n) is 19.9. The number of hydrogen-bond donors (Lipinski definition) is 1. The molecule has 36 heavy (non-hydrogen) atoms. The van der Waals surface area contributed by atoms with Crippen LogP contribution in [0.25, 0.3) is 0 Å². The first-order valence-corrected chi connectivity index (χ1v) is 12.4. The molecule has 2 aliphatic rings. The second-order valence-electron chi connectivity index (χ2n) is 9.75. The van der Waals surface area contributed by atoms with Crippen molar-refractivity contribution in [2.24, 2.45) is 0 Å². The van der Waals surface area contributed by atoms with Gasteiger partial charge in [-0.05, 0) is 36.0 Å². The van der Waals surface area contributed by atoms with Gasteiger partial charge in [0.25, 0.3) is 11.6 Å². The maximum atomic E-state index is 13.5. The number of nitro groups is 1. The van der Waals surface area contributed by atoms with Crippen molar-refractivity contribution in [1.29, 1.82) is 0 Å². The Labute approximate surface area is 209 Å². The van der Waals surface area contributed by atoms with Crippen molar-refractivity contribution in [3.05, 3.63) is 105 Å². The first-order chi connectivity index (χ1) is 17.4. The van der Waals surface area contributed by atoms with E-state index in [0.717, 1.165) is 0 Å². The Hall–Kier alpha value is -3.84. The molecule has 1 aliphatic heterocycles. The van der Waals surface area contributed by atoms with Crippen LogP contribution < -0.4 is 4.90 Å². The predicted molar refractivity (Wildman–Crippen MR) is 136 cm³/mol. The summed E-state index contributed by atoms with van der Waals surface area (Å²) in [5.74, 6) is -0.342. The minimum Gasteiger partial charge on any atom is -0.375 e. The van der Waals surface area contributed by atoms with Crippen LogP contribution in [0.2, 0.25) is 0 Å². The van der Waals surface area contributed by atoms with Crippen molar-refractivity contribution in [2.75, 3.05) is 4.90 Å². The number of carbonyl (C=O) groups excluding carboxylic acids is 2. The third kappa shape index (κ3) is 4.42. The summed E-state index contributed by atoms with van der Waals surface area (Å²) in [7, 11) is 0. The van der Waals surface area contributed by atoms with Crippen LogP contribution in [0.5, 0.6) is 0 Å². The Bertz CT molecular complexity index is 1300. The van der Waals surface area contributed by atoms with Crippen LogP contribution in [-0.2, 0) is 16.9 Å². The van der Waals surface area contributed by atoms with Crippen molar-refractivity contribution in [3.63, 3.8) is 0 Å². The van der Waals surface area contributed by atoms with Crippen molar-refractivity contribution in [3.8, 4) is 0 Å². The standard InChI is InChI=1S/C29H28N2O5/c32-27(23-14-12-22(13-15-23)21-6-2-1-3-7-21)18-29(34)25-8-4-5-9-26(25)30(28(29)33)19-20-10-16-24(17-11-20)31(35)36/h4-5,8-17,21,34H,1-3,6-7,18-19H2/t29-/m0/s1. The van der Waals surface area contributed by atoms with Gasteiger partial charge in [-0.1, -0.05) is 73.9 Å². The van der Waals surface area contributed by atoms with Gasteiger partial charge in [0.05, 0.1) is 23.6 Å². The summed E-state index contributed by atoms with van der Waals surface area (Å²) in [5, 5.41) is 22.5. The quantitative estimate of drug-likeness (QED) is 0.265. The number of para-hydroxylation sites is 1. The van der Waals surface area contributed by atoms with E-state index in [1.165, 1.54) is 54.7 Å². The lowest BCUT2D eigenvalue weighted by molar-refractivity contribution is -0.384. The normalized spacial score (nSPS) is 19.8. The molecule has 1 heterocycles. The Morgan fingerprint density at radius 1 is 0.972 bits per heavy atom. The average Bonchev–Trinajstić information content (AvgIpc) is 3.11. The SMILES string of the molecule is O=C(C[C@@]1(O)C(=O)N(Cc2ccc([N+](=O)[O-])cc2)c2ccccc21)c1ccc(C2CCCCC2)cc1. The molecule has 1 aliphatic carbocycles. The van der Waals surface area contributed by atoms with Crippen LogP contribution in [-0.4, -0.2) is 21.7 Å². The molecule has 1 atom stereocenters. The van der Waals surface area contributed by atoms with E-state index >= 15 is 0 Å². The smallest absolute Gasteiger partial charge is 0.269 e. The molecule has 0 unspecified atom stereocenters. The van der Waals surface area contributed by atoms with E-state index in [-0.39, 0.29) is 24.4 Å². The number of fused-ring (bicyclic) bond motifs is 1. The molecule has 1 saturated carbocycles. The molecular weight excluding hydrogens is 456 g/mol. The third-order valence-corrected chi connectivity index (χ3v) is 7.45. The van der Waals surface area contributed by atoms with E-state index < -0.39 is 16.4 Å². The molecule has 5 rings (SSSR count). The number of Topliss-reactive ketones (excluding diaryl/α,β-unsaturated/α-hetero) is 1. The summed E-state index contributed by atoms with van der Waals surface area (Å²) in [6.07, 6.45) is 5.73. The summed E-state index contributed by atoms with van der Waals surface area (Å²) >= 11 is 0. The minimum atomic E-state index is -1.98. The lowest BCUT2D eigenvalue weighted by Gasteiger charge is -2.23. The molecule has 1 N–H and O–H groups in total. The van der Waals surface area contributed by atoms with Crippen LogP contribution in [0, 0.1) is 10.1 Å². The first kappa shape index (κ1) is 23.9. The van der Waals surface area contributed by atoms with E-state index in [9.17, 15) is 24.8 Å². The number of nitrogens with zero attached hydrogens (tertiary/aromatic N) is 2. The second kappa shape index (κ2) is 9.66. The summed E-state index contributed by atoms with van der Waals surface area (Å²) in [6.45, 7) is 0.125. The van der Waals surface area contributed by atoms with E-state index in [2.05, 4.69) is 0 Å². The fourth-order valence-electron chi connectivity index (χ4n) is 5.45. The number of aliphatic hydroxyl groups is 1. The monoisotopic (exact) mass is 484 g/mol. The fourth-order valence-corrected chi connectivity index (χ4v) is 5.45. The van der Waals surface area contributed by atoms with Gasteiger partial charge in [0.1, 0.15) is 0 Å². The Morgan fingerprint density at radius 3 is 2.31 bits per heavy atom. The molecule has 0 spiro atoms. The van der Waals surface area contributed by atoms with E-state index in [4.69, 9.17) is 0 Å². The number of ketones is 1. The highest BCUT2D eigenvalue weighted by Crippen LogP contribution is 2.43. The zero-order chi connectivity index (χ0) is 25.3. The molecule has 3 aromatic rings. The zero-order valence-corrected chi connectivity index (χ0v) is 19.9. The summed E-state index contributed by atoms with van der Waals surface area (Å²) < 4.78 is 0. The number of carbonyl (C=O) groups is 2. The highest BCUT2D eigenvalue weighted by atomic mass is 16.6. The Balaban J connectivity index is 1.36. The van der Waals surface area contributed by atoms with Crippen LogP contribution >= 0.6 is 0 Å². The number of hydrogen-bond acceptors (Lipinski definition) is 5. The number of rotatable bonds is 7. The van der Waals surface area contributed by atoms with Crippen molar-refractivity contribution >= 4 is 23.1 Å². The first-order valence-electron chi connectivity index (χ1n) is 12.4. The average molecular weight is 485 g/mol. The van der Waals surface area contributed by atoms with E-state index in [0.29, 0.717) is 28.3 Å². The number of amides is 1. The molecular formula is C29H28N2O5. The van der Waals surface area contributed by atoms with Gasteiger partial charge in [0.2, 0.25) is 0 Å². The lowest BCUT2D eigenvalue weighted by atomic mass is 9.83. The lowest BCUT2D eigenvalue weighted by Crippen LogP contribution is -2.41. The number of anilines is 1. The molecule has 7 heteroatoms. The molecule has 1 amide bonds. The summed E-state index contributed by atoms with van der Waals surface area (Å²) in [5.41, 5.74) is 1.30. The van der Waals surface area contributed by atoms with Gasteiger partial charge in [-0.3, -0.25) is 19.7 Å². The van der Waals surface area contributed by atoms with Gasteiger partial charge in [0, 0.05) is 23.3 Å². The largest absolute Gasteiger partial charge is 0.375 e. The van der Waals surface area contributed by atoms with E-state index in [1.54, 1.807) is 48.5 Å². The molecule has 1 fully saturated rings. The maximum Gasteiger partial charge on any atom is 0.269 e. The van der Waals surface area contributed by atoms with Crippen LogP contribution in [0.3, 0.4) is 0 Å². The highest BCUT2D eigenvalue weighted by Gasteiger charge is 2.50. The van der Waals surface area contributed by atoms with E-state index in [1.807, 2.05) is 12.1 Å². The molecule has 184 valence electrons.